The number of carbonyl (C=O) groups is 2. The Morgan fingerprint density at radius 1 is 1.29 bits per heavy atom. The summed E-state index contributed by atoms with van der Waals surface area (Å²) in [5.41, 5.74) is 2.36. The second-order valence-electron chi connectivity index (χ2n) is 7.46. The van der Waals surface area contributed by atoms with Gasteiger partial charge in [0.15, 0.2) is 0 Å². The van der Waals surface area contributed by atoms with Crippen LogP contribution in [0.25, 0.3) is 0 Å². The molecule has 2 aliphatic heterocycles. The maximum absolute atomic E-state index is 12.8. The van der Waals surface area contributed by atoms with Gasteiger partial charge in [-0.2, -0.15) is 0 Å². The van der Waals surface area contributed by atoms with Crippen molar-refractivity contribution in [1.82, 2.24) is 0 Å². The molecule has 2 aliphatic rings. The summed E-state index contributed by atoms with van der Waals surface area (Å²) in [6.07, 6.45) is 2.93. The van der Waals surface area contributed by atoms with E-state index in [9.17, 15) is 14.7 Å². The summed E-state index contributed by atoms with van der Waals surface area (Å²) in [5.74, 6) is -0.523. The first-order valence-electron chi connectivity index (χ1n) is 8.63. The number of fused-ring (bicyclic) bond motifs is 1. The Balaban J connectivity index is 1.75. The number of rotatable bonds is 4. The van der Waals surface area contributed by atoms with Gasteiger partial charge in [0.2, 0.25) is 5.91 Å². The third-order valence-corrected chi connectivity index (χ3v) is 5.10. The van der Waals surface area contributed by atoms with Crippen LogP contribution in [0, 0.1) is 11.3 Å². The molecular formula is C19H25NO4. The maximum atomic E-state index is 12.8. The number of benzene rings is 1. The molecule has 1 N–H and O–H groups in total. The molecule has 1 aromatic rings. The van der Waals surface area contributed by atoms with Crippen LogP contribution >= 0.6 is 0 Å². The van der Waals surface area contributed by atoms with E-state index in [1.807, 2.05) is 17.0 Å². The molecule has 1 amide bonds. The zero-order valence-electron chi connectivity index (χ0n) is 14.4. The normalized spacial score (nSPS) is 18.5. The maximum Gasteiger partial charge on any atom is 0.309 e. The van der Waals surface area contributed by atoms with Crippen molar-refractivity contribution in [3.8, 4) is 0 Å². The molecule has 1 saturated heterocycles. The molecule has 0 unspecified atom stereocenters. The number of carbonyl (C=O) groups excluding carboxylic acids is 1. The molecule has 1 fully saturated rings. The summed E-state index contributed by atoms with van der Waals surface area (Å²) in [7, 11) is 0. The van der Waals surface area contributed by atoms with Crippen LogP contribution in [-0.2, 0) is 27.2 Å². The summed E-state index contributed by atoms with van der Waals surface area (Å²) in [5, 5.41) is 9.29. The van der Waals surface area contributed by atoms with Crippen molar-refractivity contribution in [2.24, 2.45) is 11.3 Å². The fourth-order valence-corrected chi connectivity index (χ4v) is 3.54. The number of aliphatic carboxylic acids is 1. The predicted molar refractivity (Wildman–Crippen MR) is 91.2 cm³/mol. The van der Waals surface area contributed by atoms with Crippen molar-refractivity contribution in [2.75, 3.05) is 24.7 Å². The van der Waals surface area contributed by atoms with Gasteiger partial charge < -0.3 is 14.7 Å². The van der Waals surface area contributed by atoms with Gasteiger partial charge in [0.05, 0.1) is 5.41 Å². The van der Waals surface area contributed by atoms with E-state index >= 15 is 0 Å². The van der Waals surface area contributed by atoms with Crippen molar-refractivity contribution in [3.05, 3.63) is 29.3 Å². The van der Waals surface area contributed by atoms with E-state index in [-0.39, 0.29) is 11.8 Å². The lowest BCUT2D eigenvalue weighted by atomic mass is 9.85. The topological polar surface area (TPSA) is 66.8 Å². The summed E-state index contributed by atoms with van der Waals surface area (Å²) in [4.78, 5) is 26.0. The Hall–Kier alpha value is -1.88. The first-order chi connectivity index (χ1) is 11.4. The van der Waals surface area contributed by atoms with Crippen LogP contribution in [-0.4, -0.2) is 36.7 Å². The van der Waals surface area contributed by atoms with Gasteiger partial charge in [-0.05, 0) is 56.7 Å². The zero-order valence-corrected chi connectivity index (χ0v) is 14.4. The molecule has 2 heterocycles. The summed E-state index contributed by atoms with van der Waals surface area (Å²) < 4.78 is 5.34. The Labute approximate surface area is 142 Å². The van der Waals surface area contributed by atoms with Crippen LogP contribution in [0.4, 0.5) is 5.69 Å². The molecule has 0 saturated carbocycles. The number of carboxylic acids is 1. The fourth-order valence-electron chi connectivity index (χ4n) is 3.54. The SMILES string of the molecule is CC(C)(Cc1ccc2c(c1)CCN2C(=O)C1CCOCC1)C(=O)O. The van der Waals surface area contributed by atoms with Crippen LogP contribution in [0.15, 0.2) is 18.2 Å². The standard InChI is InChI=1S/C19H25NO4/c1-19(2,18(22)23)12-13-3-4-16-15(11-13)5-8-20(16)17(21)14-6-9-24-10-7-14/h3-4,11,14H,5-10,12H2,1-2H3,(H,22,23). The van der Waals surface area contributed by atoms with Crippen LogP contribution in [0.1, 0.15) is 37.8 Å². The number of carboxylic acid groups (broad SMARTS) is 1. The molecule has 3 rings (SSSR count). The third kappa shape index (κ3) is 3.31. The molecule has 0 radical (unpaired) electrons. The molecule has 1 aromatic carbocycles. The summed E-state index contributed by atoms with van der Waals surface area (Å²) >= 11 is 0. The van der Waals surface area contributed by atoms with Gasteiger partial charge in [-0.15, -0.1) is 0 Å². The minimum absolute atomic E-state index is 0.0651. The molecular weight excluding hydrogens is 306 g/mol. The first-order valence-corrected chi connectivity index (χ1v) is 8.63. The molecule has 0 aliphatic carbocycles. The van der Waals surface area contributed by atoms with Gasteiger partial charge in [0.1, 0.15) is 0 Å². The lowest BCUT2D eigenvalue weighted by molar-refractivity contribution is -0.146. The Kier molecular flexibility index (Phi) is 4.63. The van der Waals surface area contributed by atoms with E-state index in [4.69, 9.17) is 4.74 Å². The average Bonchev–Trinajstić information content (AvgIpc) is 2.97. The van der Waals surface area contributed by atoms with Crippen LogP contribution < -0.4 is 4.90 Å². The monoisotopic (exact) mass is 331 g/mol. The van der Waals surface area contributed by atoms with Crippen molar-refractivity contribution in [3.63, 3.8) is 0 Å². The lowest BCUT2D eigenvalue weighted by Crippen LogP contribution is -2.37. The smallest absolute Gasteiger partial charge is 0.309 e. The Morgan fingerprint density at radius 3 is 2.67 bits per heavy atom. The molecule has 24 heavy (non-hydrogen) atoms. The van der Waals surface area contributed by atoms with Crippen LogP contribution in [0.3, 0.4) is 0 Å². The molecule has 0 bridgehead atoms. The van der Waals surface area contributed by atoms with E-state index in [1.54, 1.807) is 13.8 Å². The van der Waals surface area contributed by atoms with E-state index < -0.39 is 11.4 Å². The zero-order chi connectivity index (χ0) is 17.3. The second kappa shape index (κ2) is 6.55. The van der Waals surface area contributed by atoms with Gasteiger partial charge in [-0.1, -0.05) is 12.1 Å². The number of ether oxygens (including phenoxy) is 1. The largest absolute Gasteiger partial charge is 0.481 e. The number of hydrogen-bond acceptors (Lipinski definition) is 3. The van der Waals surface area contributed by atoms with E-state index in [1.165, 1.54) is 0 Å². The third-order valence-electron chi connectivity index (χ3n) is 5.10. The quantitative estimate of drug-likeness (QED) is 0.921. The minimum Gasteiger partial charge on any atom is -0.481 e. The fraction of sp³-hybridized carbons (Fsp3) is 0.579. The van der Waals surface area contributed by atoms with E-state index in [0.717, 1.165) is 42.6 Å². The first kappa shape index (κ1) is 17.0. The molecule has 0 atom stereocenters. The van der Waals surface area contributed by atoms with E-state index in [0.29, 0.717) is 19.6 Å². The van der Waals surface area contributed by atoms with Crippen LogP contribution in [0.5, 0.6) is 0 Å². The van der Waals surface area contributed by atoms with Crippen molar-refractivity contribution < 1.29 is 19.4 Å². The highest BCUT2D eigenvalue weighted by molar-refractivity contribution is 5.97. The highest BCUT2D eigenvalue weighted by Gasteiger charge is 2.32. The summed E-state index contributed by atoms with van der Waals surface area (Å²) in [6, 6.07) is 6.00. The molecule has 0 aromatic heterocycles. The van der Waals surface area contributed by atoms with Crippen molar-refractivity contribution in [1.29, 1.82) is 0 Å². The number of anilines is 1. The van der Waals surface area contributed by atoms with Gasteiger partial charge >= 0.3 is 5.97 Å². The number of hydrogen-bond donors (Lipinski definition) is 1. The molecule has 5 nitrogen and oxygen atoms in total. The van der Waals surface area contributed by atoms with E-state index in [2.05, 4.69) is 6.07 Å². The molecule has 5 heteroatoms. The minimum atomic E-state index is -0.792. The van der Waals surface area contributed by atoms with Crippen molar-refractivity contribution in [2.45, 2.75) is 39.5 Å². The van der Waals surface area contributed by atoms with Gasteiger partial charge in [-0.25, -0.2) is 0 Å². The predicted octanol–water partition coefficient (Wildman–Crippen LogP) is 2.66. The lowest BCUT2D eigenvalue weighted by Gasteiger charge is -2.27. The Morgan fingerprint density at radius 2 is 2.00 bits per heavy atom. The average molecular weight is 331 g/mol. The highest BCUT2D eigenvalue weighted by atomic mass is 16.5. The number of nitrogens with zero attached hydrogens (tertiary/aromatic N) is 1. The Bertz CT molecular complexity index is 647. The highest BCUT2D eigenvalue weighted by Crippen LogP contribution is 2.33. The van der Waals surface area contributed by atoms with Gasteiger partial charge in [-0.3, -0.25) is 9.59 Å². The molecule has 130 valence electrons. The van der Waals surface area contributed by atoms with Gasteiger partial charge in [0, 0.05) is 31.4 Å². The molecule has 0 spiro atoms. The van der Waals surface area contributed by atoms with Crippen molar-refractivity contribution >= 4 is 17.6 Å². The number of amides is 1. The second-order valence-corrected chi connectivity index (χ2v) is 7.46. The van der Waals surface area contributed by atoms with Crippen LogP contribution in [0.2, 0.25) is 0 Å². The summed E-state index contributed by atoms with van der Waals surface area (Å²) in [6.45, 7) is 5.53. The van der Waals surface area contributed by atoms with Gasteiger partial charge in [0.25, 0.3) is 0 Å².